The van der Waals surface area contributed by atoms with Gasteiger partial charge in [0.15, 0.2) is 5.82 Å². The molecule has 3 aromatic rings. The molecule has 0 radical (unpaired) electrons. The van der Waals surface area contributed by atoms with Crippen molar-refractivity contribution in [3.05, 3.63) is 54.7 Å². The van der Waals surface area contributed by atoms with Gasteiger partial charge < -0.3 is 35.1 Å². The molecule has 3 N–H and O–H groups in total. The van der Waals surface area contributed by atoms with Gasteiger partial charge in [0, 0.05) is 54.4 Å². The monoisotopic (exact) mass is 450 g/mol. The zero-order chi connectivity index (χ0) is 23.0. The first-order valence-corrected chi connectivity index (χ1v) is 10.5. The fourth-order valence-electron chi connectivity index (χ4n) is 3.37. The van der Waals surface area contributed by atoms with Crippen molar-refractivity contribution in [2.75, 3.05) is 61.4 Å². The standard InChI is InChI=1S/C23H26N6O4/c1-31-20-11-18(12-21(14-20)32-2)27-23(30)26-17-5-3-16(4-6-17)25-22-13-19(15-24-28-22)29-7-9-33-10-8-29/h3-6,11-15H,7-10H2,1-2H3,(H,25,28)(H2,26,27,30). The van der Waals surface area contributed by atoms with Crippen molar-refractivity contribution < 1.29 is 19.0 Å². The van der Waals surface area contributed by atoms with Gasteiger partial charge in [0.05, 0.1) is 39.3 Å². The van der Waals surface area contributed by atoms with Crippen molar-refractivity contribution in [3.63, 3.8) is 0 Å². The Kier molecular flexibility index (Phi) is 7.06. The summed E-state index contributed by atoms with van der Waals surface area (Å²) in [6, 6.07) is 14.0. The van der Waals surface area contributed by atoms with Crippen LogP contribution in [-0.2, 0) is 4.74 Å². The number of nitrogens with zero attached hydrogens (tertiary/aromatic N) is 3. The van der Waals surface area contributed by atoms with E-state index in [4.69, 9.17) is 14.2 Å². The van der Waals surface area contributed by atoms with Crippen molar-refractivity contribution in [2.45, 2.75) is 0 Å². The molecule has 2 heterocycles. The van der Waals surface area contributed by atoms with Crippen molar-refractivity contribution >= 4 is 34.6 Å². The molecule has 2 amide bonds. The zero-order valence-electron chi connectivity index (χ0n) is 18.5. The van der Waals surface area contributed by atoms with E-state index in [2.05, 4.69) is 31.0 Å². The summed E-state index contributed by atoms with van der Waals surface area (Å²) in [5, 5.41) is 17.1. The Morgan fingerprint density at radius 1 is 0.909 bits per heavy atom. The first-order chi connectivity index (χ1) is 16.1. The Hall–Kier alpha value is -4.05. The topological polar surface area (TPSA) is 110 Å². The van der Waals surface area contributed by atoms with E-state index in [0.29, 0.717) is 41.9 Å². The number of carbonyl (C=O) groups excluding carboxylic acids is 1. The van der Waals surface area contributed by atoms with Gasteiger partial charge in [-0.25, -0.2) is 4.79 Å². The van der Waals surface area contributed by atoms with Gasteiger partial charge in [-0.3, -0.25) is 0 Å². The van der Waals surface area contributed by atoms with Crippen molar-refractivity contribution in [1.29, 1.82) is 0 Å². The number of aromatic nitrogens is 2. The minimum absolute atomic E-state index is 0.380. The summed E-state index contributed by atoms with van der Waals surface area (Å²) in [5.41, 5.74) is 3.02. The van der Waals surface area contributed by atoms with Crippen LogP contribution >= 0.6 is 0 Å². The summed E-state index contributed by atoms with van der Waals surface area (Å²) in [7, 11) is 3.11. The van der Waals surface area contributed by atoms with Crippen LogP contribution in [-0.4, -0.2) is 56.8 Å². The molecule has 0 aliphatic carbocycles. The number of nitrogens with one attached hydrogen (secondary N) is 3. The molecule has 0 saturated carbocycles. The van der Waals surface area contributed by atoms with Crippen LogP contribution in [0.25, 0.3) is 0 Å². The normalized spacial score (nSPS) is 13.2. The third-order valence-corrected chi connectivity index (χ3v) is 5.04. The molecule has 172 valence electrons. The average molecular weight is 450 g/mol. The smallest absolute Gasteiger partial charge is 0.323 e. The molecule has 1 fully saturated rings. The maximum atomic E-state index is 12.4. The maximum absolute atomic E-state index is 12.4. The van der Waals surface area contributed by atoms with Crippen LogP contribution in [0.3, 0.4) is 0 Å². The van der Waals surface area contributed by atoms with Crippen LogP contribution in [0.5, 0.6) is 11.5 Å². The summed E-state index contributed by atoms with van der Waals surface area (Å²) in [5.74, 6) is 1.81. The molecule has 1 saturated heterocycles. The lowest BCUT2D eigenvalue weighted by molar-refractivity contribution is 0.122. The second-order valence-corrected chi connectivity index (χ2v) is 7.28. The molecule has 1 aliphatic rings. The molecule has 10 heteroatoms. The van der Waals surface area contributed by atoms with E-state index < -0.39 is 0 Å². The van der Waals surface area contributed by atoms with Gasteiger partial charge in [0.1, 0.15) is 11.5 Å². The predicted molar refractivity (Wildman–Crippen MR) is 127 cm³/mol. The first-order valence-electron chi connectivity index (χ1n) is 10.5. The van der Waals surface area contributed by atoms with Crippen LogP contribution in [0.1, 0.15) is 0 Å². The third-order valence-electron chi connectivity index (χ3n) is 5.04. The van der Waals surface area contributed by atoms with Crippen molar-refractivity contribution in [3.8, 4) is 11.5 Å². The number of hydrogen-bond donors (Lipinski definition) is 3. The van der Waals surface area contributed by atoms with Crippen molar-refractivity contribution in [2.24, 2.45) is 0 Å². The maximum Gasteiger partial charge on any atom is 0.323 e. The molecule has 0 spiro atoms. The Morgan fingerprint density at radius 2 is 1.55 bits per heavy atom. The summed E-state index contributed by atoms with van der Waals surface area (Å²) in [6.45, 7) is 3.07. The molecule has 4 rings (SSSR count). The summed E-state index contributed by atoms with van der Waals surface area (Å²) in [4.78, 5) is 14.6. The van der Waals surface area contributed by atoms with E-state index in [9.17, 15) is 4.79 Å². The largest absolute Gasteiger partial charge is 0.497 e. The first kappa shape index (κ1) is 22.2. The van der Waals surface area contributed by atoms with Crippen molar-refractivity contribution in [1.82, 2.24) is 10.2 Å². The van der Waals surface area contributed by atoms with Gasteiger partial charge in [-0.15, -0.1) is 5.10 Å². The summed E-state index contributed by atoms with van der Waals surface area (Å²) >= 11 is 0. The Balaban J connectivity index is 1.35. The van der Waals surface area contributed by atoms with E-state index in [1.807, 2.05) is 18.2 Å². The number of ether oxygens (including phenoxy) is 3. The molecule has 1 aliphatic heterocycles. The number of amides is 2. The Morgan fingerprint density at radius 3 is 2.21 bits per heavy atom. The lowest BCUT2D eigenvalue weighted by Gasteiger charge is -2.28. The number of morpholine rings is 1. The van der Waals surface area contributed by atoms with Crippen LogP contribution in [0.15, 0.2) is 54.7 Å². The van der Waals surface area contributed by atoms with Crippen LogP contribution in [0.4, 0.5) is 33.4 Å². The highest BCUT2D eigenvalue weighted by atomic mass is 16.5. The number of carbonyl (C=O) groups is 1. The molecule has 0 bridgehead atoms. The number of benzene rings is 2. The number of anilines is 5. The highest BCUT2D eigenvalue weighted by Gasteiger charge is 2.12. The highest BCUT2D eigenvalue weighted by Crippen LogP contribution is 2.26. The quantitative estimate of drug-likeness (QED) is 0.500. The molecule has 33 heavy (non-hydrogen) atoms. The van der Waals surface area contributed by atoms with E-state index in [-0.39, 0.29) is 6.03 Å². The molecule has 10 nitrogen and oxygen atoms in total. The minimum atomic E-state index is -0.380. The number of urea groups is 1. The highest BCUT2D eigenvalue weighted by molar-refractivity contribution is 6.00. The molecule has 0 unspecified atom stereocenters. The summed E-state index contributed by atoms with van der Waals surface area (Å²) < 4.78 is 15.8. The average Bonchev–Trinajstić information content (AvgIpc) is 2.85. The fourth-order valence-corrected chi connectivity index (χ4v) is 3.37. The van der Waals surface area contributed by atoms with E-state index in [0.717, 1.165) is 24.5 Å². The van der Waals surface area contributed by atoms with E-state index >= 15 is 0 Å². The fraction of sp³-hybridized carbons (Fsp3) is 0.261. The lowest BCUT2D eigenvalue weighted by Crippen LogP contribution is -2.36. The molecular weight excluding hydrogens is 424 g/mol. The van der Waals surface area contributed by atoms with Crippen LogP contribution in [0, 0.1) is 0 Å². The van der Waals surface area contributed by atoms with Gasteiger partial charge in [-0.1, -0.05) is 0 Å². The Labute approximate surface area is 191 Å². The van der Waals surface area contributed by atoms with Gasteiger partial charge in [-0.2, -0.15) is 5.10 Å². The number of hydrogen-bond acceptors (Lipinski definition) is 8. The lowest BCUT2D eigenvalue weighted by atomic mass is 10.2. The van der Waals surface area contributed by atoms with Gasteiger partial charge in [0.2, 0.25) is 0 Å². The van der Waals surface area contributed by atoms with Crippen LogP contribution in [0.2, 0.25) is 0 Å². The molecular formula is C23H26N6O4. The van der Waals surface area contributed by atoms with E-state index in [1.54, 1.807) is 50.7 Å². The zero-order valence-corrected chi connectivity index (χ0v) is 18.5. The molecule has 2 aromatic carbocycles. The van der Waals surface area contributed by atoms with Gasteiger partial charge >= 0.3 is 6.03 Å². The van der Waals surface area contributed by atoms with E-state index in [1.165, 1.54) is 0 Å². The molecule has 1 aromatic heterocycles. The second-order valence-electron chi connectivity index (χ2n) is 7.28. The third kappa shape index (κ3) is 6.01. The predicted octanol–water partition coefficient (Wildman–Crippen LogP) is 3.72. The molecule has 0 atom stereocenters. The van der Waals surface area contributed by atoms with Crippen LogP contribution < -0.4 is 30.3 Å². The summed E-state index contributed by atoms with van der Waals surface area (Å²) in [6.07, 6.45) is 1.75. The van der Waals surface area contributed by atoms with Gasteiger partial charge in [0.25, 0.3) is 0 Å². The number of methoxy groups -OCH3 is 2. The SMILES string of the molecule is COc1cc(NC(=O)Nc2ccc(Nc3cc(N4CCOCC4)cnn3)cc2)cc(OC)c1. The Bertz CT molecular complexity index is 1060. The number of rotatable bonds is 7. The minimum Gasteiger partial charge on any atom is -0.497 e. The second kappa shape index (κ2) is 10.5. The van der Waals surface area contributed by atoms with Gasteiger partial charge in [-0.05, 0) is 24.3 Å².